The van der Waals surface area contributed by atoms with E-state index in [4.69, 9.17) is 4.74 Å². The van der Waals surface area contributed by atoms with Crippen molar-refractivity contribution in [3.05, 3.63) is 35.4 Å². The molecule has 118 valence electrons. The molecule has 0 bridgehead atoms. The zero-order chi connectivity index (χ0) is 14.9. The molecule has 0 saturated heterocycles. The average Bonchev–Trinajstić information content (AvgIpc) is 2.75. The lowest BCUT2D eigenvalue weighted by atomic mass is 10.1. The number of benzene rings is 1. The molecule has 0 aliphatic heterocycles. The van der Waals surface area contributed by atoms with Crippen LogP contribution in [0.1, 0.15) is 69.1 Å². The Morgan fingerprint density at radius 2 is 1.95 bits per heavy atom. The molecule has 2 heteroatoms. The molecule has 21 heavy (non-hydrogen) atoms. The van der Waals surface area contributed by atoms with Crippen LogP contribution in [0.5, 0.6) is 0 Å². The molecule has 0 heterocycles. The summed E-state index contributed by atoms with van der Waals surface area (Å²) in [7, 11) is 0. The lowest BCUT2D eigenvalue weighted by molar-refractivity contribution is -0.0200. The predicted molar refractivity (Wildman–Crippen MR) is 89.7 cm³/mol. The zero-order valence-electron chi connectivity index (χ0n) is 13.7. The SMILES string of the molecule is CCCNCC(OC1CCCCCC1)c1cccc(C)c1. The Hall–Kier alpha value is -0.860. The van der Waals surface area contributed by atoms with Crippen LogP contribution in [0.25, 0.3) is 0 Å². The zero-order valence-corrected chi connectivity index (χ0v) is 13.7. The second-order valence-corrected chi connectivity index (χ2v) is 6.36. The van der Waals surface area contributed by atoms with E-state index in [-0.39, 0.29) is 6.10 Å². The first-order valence-electron chi connectivity index (χ1n) is 8.72. The number of hydrogen-bond acceptors (Lipinski definition) is 2. The van der Waals surface area contributed by atoms with Crippen molar-refractivity contribution in [2.75, 3.05) is 13.1 Å². The molecule has 1 unspecified atom stereocenters. The second kappa shape index (κ2) is 9.22. The summed E-state index contributed by atoms with van der Waals surface area (Å²) in [5, 5.41) is 3.53. The predicted octanol–water partition coefficient (Wildman–Crippen LogP) is 4.78. The molecule has 1 atom stereocenters. The number of rotatable bonds is 7. The summed E-state index contributed by atoms with van der Waals surface area (Å²) in [6, 6.07) is 8.79. The van der Waals surface area contributed by atoms with E-state index in [1.165, 1.54) is 56.1 Å². The number of aryl methyl sites for hydroxylation is 1. The summed E-state index contributed by atoms with van der Waals surface area (Å²) >= 11 is 0. The highest BCUT2D eigenvalue weighted by molar-refractivity contribution is 5.24. The van der Waals surface area contributed by atoms with Gasteiger partial charge in [0.05, 0.1) is 12.2 Å². The molecule has 1 saturated carbocycles. The van der Waals surface area contributed by atoms with E-state index in [0.29, 0.717) is 6.10 Å². The minimum atomic E-state index is 0.194. The quantitative estimate of drug-likeness (QED) is 0.576. The van der Waals surface area contributed by atoms with Crippen LogP contribution in [0.15, 0.2) is 24.3 Å². The van der Waals surface area contributed by atoms with E-state index in [1.54, 1.807) is 0 Å². The molecule has 1 aromatic rings. The van der Waals surface area contributed by atoms with Crippen LogP contribution in [-0.2, 0) is 4.74 Å². The van der Waals surface area contributed by atoms with E-state index in [1.807, 2.05) is 0 Å². The molecule has 1 aliphatic rings. The monoisotopic (exact) mass is 289 g/mol. The van der Waals surface area contributed by atoms with Crippen LogP contribution in [0.3, 0.4) is 0 Å². The van der Waals surface area contributed by atoms with Gasteiger partial charge in [0.15, 0.2) is 0 Å². The topological polar surface area (TPSA) is 21.3 Å². The molecular formula is C19H31NO. The van der Waals surface area contributed by atoms with Crippen LogP contribution in [-0.4, -0.2) is 19.2 Å². The first-order valence-corrected chi connectivity index (χ1v) is 8.72. The van der Waals surface area contributed by atoms with Crippen molar-refractivity contribution < 1.29 is 4.74 Å². The lowest BCUT2D eigenvalue weighted by Gasteiger charge is -2.25. The normalized spacial score (nSPS) is 18.4. The Morgan fingerprint density at radius 1 is 1.19 bits per heavy atom. The van der Waals surface area contributed by atoms with Gasteiger partial charge in [0.2, 0.25) is 0 Å². The first kappa shape index (κ1) is 16.5. The van der Waals surface area contributed by atoms with Gasteiger partial charge in [0.25, 0.3) is 0 Å². The highest BCUT2D eigenvalue weighted by Gasteiger charge is 2.19. The van der Waals surface area contributed by atoms with Crippen LogP contribution >= 0.6 is 0 Å². The standard InChI is InChI=1S/C19H31NO/c1-3-13-20-15-19(17-10-8-9-16(2)14-17)21-18-11-6-4-5-7-12-18/h8-10,14,18-20H,3-7,11-13,15H2,1-2H3. The molecular weight excluding hydrogens is 258 g/mol. The largest absolute Gasteiger partial charge is 0.369 e. The molecule has 2 rings (SSSR count). The van der Waals surface area contributed by atoms with E-state index < -0.39 is 0 Å². The van der Waals surface area contributed by atoms with Crippen molar-refractivity contribution in [2.45, 2.75) is 71.0 Å². The summed E-state index contributed by atoms with van der Waals surface area (Å²) in [6.07, 6.45) is 9.68. The van der Waals surface area contributed by atoms with Gasteiger partial charge in [-0.25, -0.2) is 0 Å². The molecule has 1 N–H and O–H groups in total. The fourth-order valence-corrected chi connectivity index (χ4v) is 3.14. The van der Waals surface area contributed by atoms with Crippen molar-refractivity contribution >= 4 is 0 Å². The minimum Gasteiger partial charge on any atom is -0.369 e. The Bertz CT molecular complexity index is 396. The van der Waals surface area contributed by atoms with Crippen molar-refractivity contribution in [3.8, 4) is 0 Å². The number of ether oxygens (including phenoxy) is 1. The lowest BCUT2D eigenvalue weighted by Crippen LogP contribution is -2.27. The van der Waals surface area contributed by atoms with Gasteiger partial charge in [-0.15, -0.1) is 0 Å². The van der Waals surface area contributed by atoms with Crippen LogP contribution in [0.2, 0.25) is 0 Å². The maximum Gasteiger partial charge on any atom is 0.0953 e. The Labute approximate surface area is 130 Å². The fraction of sp³-hybridized carbons (Fsp3) is 0.684. The minimum absolute atomic E-state index is 0.194. The maximum absolute atomic E-state index is 6.50. The number of nitrogens with one attached hydrogen (secondary N) is 1. The Morgan fingerprint density at radius 3 is 2.62 bits per heavy atom. The van der Waals surface area contributed by atoms with Crippen molar-refractivity contribution in [3.63, 3.8) is 0 Å². The van der Waals surface area contributed by atoms with Gasteiger partial charge >= 0.3 is 0 Å². The van der Waals surface area contributed by atoms with Crippen molar-refractivity contribution in [2.24, 2.45) is 0 Å². The smallest absolute Gasteiger partial charge is 0.0953 e. The van der Waals surface area contributed by atoms with Gasteiger partial charge in [0, 0.05) is 6.54 Å². The van der Waals surface area contributed by atoms with Gasteiger partial charge in [-0.2, -0.15) is 0 Å². The Balaban J connectivity index is 2.00. The van der Waals surface area contributed by atoms with Crippen molar-refractivity contribution in [1.82, 2.24) is 5.32 Å². The van der Waals surface area contributed by atoms with Crippen LogP contribution in [0.4, 0.5) is 0 Å². The molecule has 1 aliphatic carbocycles. The summed E-state index contributed by atoms with van der Waals surface area (Å²) in [6.45, 7) is 6.36. The van der Waals surface area contributed by atoms with E-state index in [0.717, 1.165) is 13.1 Å². The second-order valence-electron chi connectivity index (χ2n) is 6.36. The molecule has 0 amide bonds. The molecule has 0 spiro atoms. The molecule has 1 fully saturated rings. The molecule has 0 aromatic heterocycles. The number of hydrogen-bond donors (Lipinski definition) is 1. The van der Waals surface area contributed by atoms with Gasteiger partial charge in [-0.1, -0.05) is 62.4 Å². The third-order valence-corrected chi connectivity index (χ3v) is 4.33. The van der Waals surface area contributed by atoms with Crippen LogP contribution < -0.4 is 5.32 Å². The first-order chi connectivity index (χ1) is 10.3. The van der Waals surface area contributed by atoms with Crippen LogP contribution in [0, 0.1) is 6.92 Å². The van der Waals surface area contributed by atoms with Gasteiger partial charge in [0.1, 0.15) is 0 Å². The van der Waals surface area contributed by atoms with E-state index in [9.17, 15) is 0 Å². The van der Waals surface area contributed by atoms with Gasteiger partial charge in [-0.05, 0) is 38.3 Å². The average molecular weight is 289 g/mol. The summed E-state index contributed by atoms with van der Waals surface area (Å²) in [4.78, 5) is 0. The van der Waals surface area contributed by atoms with E-state index in [2.05, 4.69) is 43.4 Å². The summed E-state index contributed by atoms with van der Waals surface area (Å²) < 4.78 is 6.50. The molecule has 0 radical (unpaired) electrons. The summed E-state index contributed by atoms with van der Waals surface area (Å²) in [5.41, 5.74) is 2.64. The Kier molecular flexibility index (Phi) is 7.25. The van der Waals surface area contributed by atoms with Gasteiger partial charge < -0.3 is 10.1 Å². The third-order valence-electron chi connectivity index (χ3n) is 4.33. The molecule has 1 aromatic carbocycles. The fourth-order valence-electron chi connectivity index (χ4n) is 3.14. The van der Waals surface area contributed by atoms with E-state index >= 15 is 0 Å². The van der Waals surface area contributed by atoms with Gasteiger partial charge in [-0.3, -0.25) is 0 Å². The third kappa shape index (κ3) is 5.80. The highest BCUT2D eigenvalue weighted by Crippen LogP contribution is 2.26. The molecule has 2 nitrogen and oxygen atoms in total. The highest BCUT2D eigenvalue weighted by atomic mass is 16.5. The maximum atomic E-state index is 6.50. The van der Waals surface area contributed by atoms with Crippen molar-refractivity contribution in [1.29, 1.82) is 0 Å². The summed E-state index contributed by atoms with van der Waals surface area (Å²) in [5.74, 6) is 0.